The molecule has 0 aromatic heterocycles. The number of nitrogen functional groups attached to an aromatic ring is 1. The van der Waals surface area contributed by atoms with Gasteiger partial charge in [0.05, 0.1) is 12.2 Å². The number of rotatable bonds is 8. The molecule has 1 aromatic rings. The maximum absolute atomic E-state index is 13.4. The van der Waals surface area contributed by atoms with Gasteiger partial charge in [0.15, 0.2) is 0 Å². The molecule has 0 atom stereocenters. The number of nitrogens with zero attached hydrogens (tertiary/aromatic N) is 1. The lowest BCUT2D eigenvalue weighted by molar-refractivity contribution is -0.117. The Morgan fingerprint density at radius 1 is 1.40 bits per heavy atom. The van der Waals surface area contributed by atoms with Gasteiger partial charge in [-0.3, -0.25) is 9.69 Å². The van der Waals surface area contributed by atoms with Gasteiger partial charge in [-0.05, 0) is 51.1 Å². The summed E-state index contributed by atoms with van der Waals surface area (Å²) in [6.07, 6.45) is 2.61. The van der Waals surface area contributed by atoms with Crippen molar-refractivity contribution in [2.45, 2.75) is 19.3 Å². The van der Waals surface area contributed by atoms with E-state index in [1.807, 2.05) is 11.9 Å². The average molecular weight is 283 g/mol. The summed E-state index contributed by atoms with van der Waals surface area (Å²) in [5, 5.41) is 11.2. The predicted octanol–water partition coefficient (Wildman–Crippen LogP) is 1.44. The summed E-state index contributed by atoms with van der Waals surface area (Å²) in [4.78, 5) is 13.6. The molecule has 0 saturated carbocycles. The molecule has 0 fully saturated rings. The number of nitrogens with one attached hydrogen (secondary N) is 1. The van der Waals surface area contributed by atoms with E-state index >= 15 is 0 Å². The van der Waals surface area contributed by atoms with Crippen LogP contribution < -0.4 is 11.1 Å². The molecule has 20 heavy (non-hydrogen) atoms. The maximum Gasteiger partial charge on any atom is 0.238 e. The SMILES string of the molecule is CN(CCCCCO)CC(=O)Nc1cc(N)ccc1F. The van der Waals surface area contributed by atoms with E-state index in [1.165, 1.54) is 18.2 Å². The fraction of sp³-hybridized carbons (Fsp3) is 0.500. The number of aliphatic hydroxyl groups excluding tert-OH is 1. The average Bonchev–Trinajstić information content (AvgIpc) is 2.39. The molecule has 1 amide bonds. The first-order chi connectivity index (χ1) is 9.52. The largest absolute Gasteiger partial charge is 0.399 e. The van der Waals surface area contributed by atoms with Crippen molar-refractivity contribution >= 4 is 17.3 Å². The number of anilines is 2. The summed E-state index contributed by atoms with van der Waals surface area (Å²) in [5.74, 6) is -0.780. The molecular formula is C14H22FN3O2. The van der Waals surface area contributed by atoms with E-state index in [1.54, 1.807) is 0 Å². The zero-order chi connectivity index (χ0) is 15.0. The summed E-state index contributed by atoms with van der Waals surface area (Å²) in [7, 11) is 1.83. The van der Waals surface area contributed by atoms with Crippen LogP contribution in [0.1, 0.15) is 19.3 Å². The van der Waals surface area contributed by atoms with Crippen molar-refractivity contribution in [3.05, 3.63) is 24.0 Å². The lowest BCUT2D eigenvalue weighted by Gasteiger charge is -2.16. The minimum Gasteiger partial charge on any atom is -0.399 e. The van der Waals surface area contributed by atoms with Crippen molar-refractivity contribution in [1.29, 1.82) is 0 Å². The second kappa shape index (κ2) is 8.50. The summed E-state index contributed by atoms with van der Waals surface area (Å²) in [6.45, 7) is 1.14. The van der Waals surface area contributed by atoms with Crippen LogP contribution in [0.3, 0.4) is 0 Å². The highest BCUT2D eigenvalue weighted by molar-refractivity contribution is 5.92. The van der Waals surface area contributed by atoms with Crippen LogP contribution in [-0.2, 0) is 4.79 Å². The smallest absolute Gasteiger partial charge is 0.238 e. The molecular weight excluding hydrogens is 261 g/mol. The quantitative estimate of drug-likeness (QED) is 0.498. The van der Waals surface area contributed by atoms with E-state index in [2.05, 4.69) is 5.32 Å². The first-order valence-corrected chi connectivity index (χ1v) is 6.67. The van der Waals surface area contributed by atoms with Gasteiger partial charge in [-0.15, -0.1) is 0 Å². The normalized spacial score (nSPS) is 10.8. The molecule has 0 aliphatic heterocycles. The predicted molar refractivity (Wildman–Crippen MR) is 77.9 cm³/mol. The van der Waals surface area contributed by atoms with Crippen LogP contribution in [0.2, 0.25) is 0 Å². The Morgan fingerprint density at radius 2 is 2.15 bits per heavy atom. The highest BCUT2D eigenvalue weighted by Gasteiger charge is 2.09. The Kier molecular flexibility index (Phi) is 6.97. The Labute approximate surface area is 118 Å². The molecule has 0 aliphatic carbocycles. The van der Waals surface area contributed by atoms with Crippen LogP contribution in [0.25, 0.3) is 0 Å². The summed E-state index contributed by atoms with van der Waals surface area (Å²) in [5.41, 5.74) is 6.05. The molecule has 0 bridgehead atoms. The standard InChI is InChI=1S/C14H22FN3O2/c1-18(7-3-2-4-8-19)10-14(20)17-13-9-11(16)5-6-12(13)15/h5-6,9,19H,2-4,7-8,10,16H2,1H3,(H,17,20). The lowest BCUT2D eigenvalue weighted by Crippen LogP contribution is -2.31. The Bertz CT molecular complexity index is 440. The number of halogens is 1. The second-order valence-electron chi connectivity index (χ2n) is 4.81. The summed E-state index contributed by atoms with van der Waals surface area (Å²) >= 11 is 0. The van der Waals surface area contributed by atoms with Crippen molar-refractivity contribution in [2.24, 2.45) is 0 Å². The highest BCUT2D eigenvalue weighted by atomic mass is 19.1. The monoisotopic (exact) mass is 283 g/mol. The fourth-order valence-electron chi connectivity index (χ4n) is 1.82. The minimum atomic E-state index is -0.502. The van der Waals surface area contributed by atoms with Gasteiger partial charge in [0, 0.05) is 12.3 Å². The zero-order valence-electron chi connectivity index (χ0n) is 11.7. The number of carbonyl (C=O) groups is 1. The number of benzene rings is 1. The molecule has 0 unspecified atom stereocenters. The van der Waals surface area contributed by atoms with Crippen LogP contribution in [-0.4, -0.2) is 42.7 Å². The van der Waals surface area contributed by atoms with Crippen molar-refractivity contribution in [3.8, 4) is 0 Å². The molecule has 1 aromatic carbocycles. The van der Waals surface area contributed by atoms with E-state index in [0.29, 0.717) is 5.69 Å². The zero-order valence-corrected chi connectivity index (χ0v) is 11.7. The molecule has 4 N–H and O–H groups in total. The van der Waals surface area contributed by atoms with Crippen LogP contribution in [0.15, 0.2) is 18.2 Å². The molecule has 0 spiro atoms. The number of nitrogens with two attached hydrogens (primary N) is 1. The summed E-state index contributed by atoms with van der Waals surface area (Å²) in [6, 6.07) is 4.07. The van der Waals surface area contributed by atoms with Crippen molar-refractivity contribution in [2.75, 3.05) is 37.8 Å². The molecule has 6 heteroatoms. The van der Waals surface area contributed by atoms with Gasteiger partial charge in [0.25, 0.3) is 0 Å². The maximum atomic E-state index is 13.4. The summed E-state index contributed by atoms with van der Waals surface area (Å²) < 4.78 is 13.4. The number of hydrogen-bond acceptors (Lipinski definition) is 4. The lowest BCUT2D eigenvalue weighted by atomic mass is 10.2. The first kappa shape index (κ1) is 16.4. The molecule has 0 aliphatic rings. The van der Waals surface area contributed by atoms with Crippen LogP contribution in [0.4, 0.5) is 15.8 Å². The van der Waals surface area contributed by atoms with Crippen LogP contribution >= 0.6 is 0 Å². The third-order valence-electron chi connectivity index (χ3n) is 2.88. The van der Waals surface area contributed by atoms with Crippen LogP contribution in [0, 0.1) is 5.82 Å². The first-order valence-electron chi connectivity index (χ1n) is 6.67. The third kappa shape index (κ3) is 5.99. The molecule has 112 valence electrons. The highest BCUT2D eigenvalue weighted by Crippen LogP contribution is 2.17. The number of amides is 1. The van der Waals surface area contributed by atoms with Gasteiger partial charge >= 0.3 is 0 Å². The Hall–Kier alpha value is -1.66. The van der Waals surface area contributed by atoms with Gasteiger partial charge in [-0.2, -0.15) is 0 Å². The van der Waals surface area contributed by atoms with Crippen molar-refractivity contribution < 1.29 is 14.3 Å². The van der Waals surface area contributed by atoms with Crippen molar-refractivity contribution in [1.82, 2.24) is 4.90 Å². The van der Waals surface area contributed by atoms with Gasteiger partial charge in [0.1, 0.15) is 5.82 Å². The third-order valence-corrected chi connectivity index (χ3v) is 2.88. The molecule has 1 rings (SSSR count). The topological polar surface area (TPSA) is 78.6 Å². The van der Waals surface area contributed by atoms with E-state index < -0.39 is 5.82 Å². The molecule has 0 radical (unpaired) electrons. The van der Waals surface area contributed by atoms with Crippen molar-refractivity contribution in [3.63, 3.8) is 0 Å². The van der Waals surface area contributed by atoms with E-state index in [9.17, 15) is 9.18 Å². The molecule has 5 nitrogen and oxygen atoms in total. The number of unbranched alkanes of at least 4 members (excludes halogenated alkanes) is 2. The molecule has 0 heterocycles. The van der Waals surface area contributed by atoms with Gasteiger partial charge in [-0.1, -0.05) is 0 Å². The minimum absolute atomic E-state index is 0.101. The Morgan fingerprint density at radius 3 is 2.85 bits per heavy atom. The van der Waals surface area contributed by atoms with Gasteiger partial charge in [-0.25, -0.2) is 4.39 Å². The molecule has 0 saturated heterocycles. The van der Waals surface area contributed by atoms with E-state index in [0.717, 1.165) is 25.8 Å². The number of likely N-dealkylation sites (N-methyl/N-ethyl adjacent to an activating group) is 1. The van der Waals surface area contributed by atoms with Gasteiger partial charge in [0.2, 0.25) is 5.91 Å². The van der Waals surface area contributed by atoms with E-state index in [4.69, 9.17) is 10.8 Å². The number of hydrogen-bond donors (Lipinski definition) is 3. The van der Waals surface area contributed by atoms with Crippen LogP contribution in [0.5, 0.6) is 0 Å². The number of aliphatic hydroxyl groups is 1. The van der Waals surface area contributed by atoms with E-state index in [-0.39, 0.29) is 24.7 Å². The second-order valence-corrected chi connectivity index (χ2v) is 4.81. The number of carbonyl (C=O) groups excluding carboxylic acids is 1. The Balaban J connectivity index is 2.37. The fourth-order valence-corrected chi connectivity index (χ4v) is 1.82. The van der Waals surface area contributed by atoms with Gasteiger partial charge < -0.3 is 16.2 Å².